The number of hydrogen-bond acceptors (Lipinski definition) is 4. The molecule has 0 aromatic heterocycles. The predicted octanol–water partition coefficient (Wildman–Crippen LogP) is 1.76. The van der Waals surface area contributed by atoms with Gasteiger partial charge in [0, 0.05) is 17.5 Å². The predicted molar refractivity (Wildman–Crippen MR) is 72.7 cm³/mol. The zero-order chi connectivity index (χ0) is 12.8. The minimum atomic E-state index is -0.165. The average Bonchev–Trinajstić information content (AvgIpc) is 2.36. The number of thioether (sulfide) groups is 1. The Morgan fingerprint density at radius 3 is 2.88 bits per heavy atom. The van der Waals surface area contributed by atoms with E-state index in [0.717, 1.165) is 0 Å². The smallest absolute Gasteiger partial charge is 0.253 e. The number of carbonyl (C=O) groups excluding carboxylic acids is 1. The van der Waals surface area contributed by atoms with Crippen LogP contribution in [0.5, 0.6) is 5.75 Å². The highest BCUT2D eigenvalue weighted by Crippen LogP contribution is 2.19. The molecule has 0 radical (unpaired) electrons. The minimum absolute atomic E-state index is 0.165. The van der Waals surface area contributed by atoms with Gasteiger partial charge in [0.05, 0.1) is 12.7 Å². The number of amides is 1. The standard InChI is InChI=1S/C12H18N2O2S/c1-8(17-3)7-14-12(15)10-6-9(16-2)4-5-11(10)13/h4-6,8H,7,13H2,1-3H3,(H,14,15). The summed E-state index contributed by atoms with van der Waals surface area (Å²) < 4.78 is 5.07. The van der Waals surface area contributed by atoms with Gasteiger partial charge in [0.1, 0.15) is 5.75 Å². The van der Waals surface area contributed by atoms with E-state index < -0.39 is 0 Å². The summed E-state index contributed by atoms with van der Waals surface area (Å²) in [4.78, 5) is 11.9. The van der Waals surface area contributed by atoms with E-state index in [1.807, 2.05) is 6.26 Å². The maximum absolute atomic E-state index is 11.9. The molecule has 1 rings (SSSR count). The molecule has 17 heavy (non-hydrogen) atoms. The van der Waals surface area contributed by atoms with Gasteiger partial charge in [0.25, 0.3) is 5.91 Å². The summed E-state index contributed by atoms with van der Waals surface area (Å²) in [5.41, 5.74) is 6.68. The Bertz CT molecular complexity index is 396. The van der Waals surface area contributed by atoms with E-state index in [0.29, 0.717) is 28.8 Å². The number of ether oxygens (including phenoxy) is 1. The van der Waals surface area contributed by atoms with E-state index in [-0.39, 0.29) is 5.91 Å². The SMILES string of the molecule is COc1ccc(N)c(C(=O)NCC(C)SC)c1. The van der Waals surface area contributed by atoms with Crippen LogP contribution < -0.4 is 15.8 Å². The normalized spacial score (nSPS) is 11.9. The molecule has 0 bridgehead atoms. The van der Waals surface area contributed by atoms with Gasteiger partial charge in [0.15, 0.2) is 0 Å². The van der Waals surface area contributed by atoms with Crippen LogP contribution in [0.3, 0.4) is 0 Å². The summed E-state index contributed by atoms with van der Waals surface area (Å²) in [6.07, 6.45) is 2.01. The Hall–Kier alpha value is -1.36. The molecule has 0 fully saturated rings. The number of carbonyl (C=O) groups is 1. The van der Waals surface area contributed by atoms with Gasteiger partial charge in [-0.25, -0.2) is 0 Å². The second kappa shape index (κ2) is 6.39. The molecule has 3 N–H and O–H groups in total. The second-order valence-electron chi connectivity index (χ2n) is 3.71. The van der Waals surface area contributed by atoms with E-state index in [1.54, 1.807) is 37.1 Å². The van der Waals surface area contributed by atoms with Crippen LogP contribution in [0.25, 0.3) is 0 Å². The van der Waals surface area contributed by atoms with Crippen LogP contribution in [-0.4, -0.2) is 31.1 Å². The lowest BCUT2D eigenvalue weighted by Gasteiger charge is -2.11. The van der Waals surface area contributed by atoms with Crippen molar-refractivity contribution in [3.05, 3.63) is 23.8 Å². The summed E-state index contributed by atoms with van der Waals surface area (Å²) in [7, 11) is 1.56. The molecule has 0 aliphatic carbocycles. The molecule has 5 heteroatoms. The third-order valence-corrected chi connectivity index (χ3v) is 3.43. The van der Waals surface area contributed by atoms with Crippen LogP contribution in [-0.2, 0) is 0 Å². The number of anilines is 1. The molecular formula is C12H18N2O2S. The van der Waals surface area contributed by atoms with Crippen LogP contribution in [0, 0.1) is 0 Å². The Kier molecular flexibility index (Phi) is 5.15. The van der Waals surface area contributed by atoms with Crippen molar-refractivity contribution < 1.29 is 9.53 Å². The molecule has 1 aromatic rings. The van der Waals surface area contributed by atoms with Crippen molar-refractivity contribution in [1.29, 1.82) is 0 Å². The van der Waals surface area contributed by atoms with Gasteiger partial charge in [-0.3, -0.25) is 4.79 Å². The van der Waals surface area contributed by atoms with Crippen molar-refractivity contribution in [3.63, 3.8) is 0 Å². The van der Waals surface area contributed by atoms with Crippen molar-refractivity contribution in [1.82, 2.24) is 5.32 Å². The van der Waals surface area contributed by atoms with Gasteiger partial charge in [-0.1, -0.05) is 6.92 Å². The quantitative estimate of drug-likeness (QED) is 0.786. The summed E-state index contributed by atoms with van der Waals surface area (Å²) in [5, 5.41) is 3.23. The van der Waals surface area contributed by atoms with Crippen LogP contribution in [0.15, 0.2) is 18.2 Å². The summed E-state index contributed by atoms with van der Waals surface area (Å²) in [5.74, 6) is 0.463. The molecule has 1 aromatic carbocycles. The van der Waals surface area contributed by atoms with Crippen molar-refractivity contribution in [2.75, 3.05) is 25.6 Å². The highest BCUT2D eigenvalue weighted by molar-refractivity contribution is 7.99. The third-order valence-electron chi connectivity index (χ3n) is 2.46. The first-order valence-corrected chi connectivity index (χ1v) is 6.61. The Labute approximate surface area is 106 Å². The van der Waals surface area contributed by atoms with Gasteiger partial charge in [0.2, 0.25) is 0 Å². The van der Waals surface area contributed by atoms with Gasteiger partial charge in [-0.05, 0) is 24.5 Å². The topological polar surface area (TPSA) is 64.3 Å². The van der Waals surface area contributed by atoms with E-state index in [2.05, 4.69) is 12.2 Å². The Morgan fingerprint density at radius 1 is 1.59 bits per heavy atom. The maximum Gasteiger partial charge on any atom is 0.253 e. The summed E-state index contributed by atoms with van der Waals surface area (Å²) in [6.45, 7) is 2.68. The van der Waals surface area contributed by atoms with E-state index in [1.165, 1.54) is 0 Å². The fourth-order valence-electron chi connectivity index (χ4n) is 1.27. The molecule has 1 unspecified atom stereocenters. The van der Waals surface area contributed by atoms with Crippen molar-refractivity contribution >= 4 is 23.4 Å². The number of rotatable bonds is 5. The maximum atomic E-state index is 11.9. The van der Waals surface area contributed by atoms with E-state index in [9.17, 15) is 4.79 Å². The summed E-state index contributed by atoms with van der Waals surface area (Å²) >= 11 is 1.70. The Balaban J connectivity index is 2.74. The van der Waals surface area contributed by atoms with Crippen molar-refractivity contribution in [2.45, 2.75) is 12.2 Å². The lowest BCUT2D eigenvalue weighted by molar-refractivity contribution is 0.0954. The number of methoxy groups -OCH3 is 1. The summed E-state index contributed by atoms with van der Waals surface area (Å²) in [6, 6.07) is 5.05. The molecule has 0 aliphatic heterocycles. The molecule has 1 atom stereocenters. The van der Waals surface area contributed by atoms with Crippen molar-refractivity contribution in [2.24, 2.45) is 0 Å². The molecule has 0 spiro atoms. The van der Waals surface area contributed by atoms with Gasteiger partial charge in [-0.15, -0.1) is 0 Å². The number of nitrogens with two attached hydrogens (primary N) is 1. The third kappa shape index (κ3) is 3.85. The van der Waals surface area contributed by atoms with Gasteiger partial charge in [-0.2, -0.15) is 11.8 Å². The molecule has 0 saturated heterocycles. The Morgan fingerprint density at radius 2 is 2.29 bits per heavy atom. The van der Waals surface area contributed by atoms with E-state index in [4.69, 9.17) is 10.5 Å². The second-order valence-corrected chi connectivity index (χ2v) is 4.99. The average molecular weight is 254 g/mol. The first-order valence-electron chi connectivity index (χ1n) is 5.33. The number of nitrogens with one attached hydrogen (secondary N) is 1. The molecule has 0 saturated carbocycles. The molecule has 0 heterocycles. The number of benzene rings is 1. The molecule has 1 amide bonds. The zero-order valence-electron chi connectivity index (χ0n) is 10.3. The minimum Gasteiger partial charge on any atom is -0.497 e. The molecule has 4 nitrogen and oxygen atoms in total. The lowest BCUT2D eigenvalue weighted by Crippen LogP contribution is -2.29. The molecular weight excluding hydrogens is 236 g/mol. The number of nitrogen functional groups attached to an aromatic ring is 1. The molecule has 0 aliphatic rings. The van der Waals surface area contributed by atoms with E-state index >= 15 is 0 Å². The van der Waals surface area contributed by atoms with Crippen LogP contribution >= 0.6 is 11.8 Å². The fraction of sp³-hybridized carbons (Fsp3) is 0.417. The first kappa shape index (κ1) is 13.7. The largest absolute Gasteiger partial charge is 0.497 e. The highest BCUT2D eigenvalue weighted by atomic mass is 32.2. The van der Waals surface area contributed by atoms with Gasteiger partial charge < -0.3 is 15.8 Å². The van der Waals surface area contributed by atoms with Crippen LogP contribution in [0.4, 0.5) is 5.69 Å². The fourth-order valence-corrected chi connectivity index (χ4v) is 1.52. The van der Waals surface area contributed by atoms with Crippen molar-refractivity contribution in [3.8, 4) is 5.75 Å². The van der Waals surface area contributed by atoms with Crippen LogP contribution in [0.2, 0.25) is 0 Å². The lowest BCUT2D eigenvalue weighted by atomic mass is 10.1. The number of hydrogen-bond donors (Lipinski definition) is 2. The highest BCUT2D eigenvalue weighted by Gasteiger charge is 2.11. The van der Waals surface area contributed by atoms with Gasteiger partial charge >= 0.3 is 0 Å². The van der Waals surface area contributed by atoms with Crippen LogP contribution in [0.1, 0.15) is 17.3 Å². The first-order chi connectivity index (χ1) is 8.08. The monoisotopic (exact) mass is 254 g/mol. The molecule has 94 valence electrons. The zero-order valence-corrected chi connectivity index (χ0v) is 11.1.